The number of benzene rings is 2. The van der Waals surface area contributed by atoms with E-state index in [4.69, 9.17) is 4.74 Å². The molecule has 20 heavy (non-hydrogen) atoms. The molecule has 0 saturated carbocycles. The first-order chi connectivity index (χ1) is 9.67. The van der Waals surface area contributed by atoms with Crippen LogP contribution in [0.4, 0.5) is 8.78 Å². The normalized spacial score (nSPS) is 14.0. The third-order valence-corrected chi connectivity index (χ3v) is 3.29. The molecule has 0 spiro atoms. The van der Waals surface area contributed by atoms with Crippen molar-refractivity contribution in [3.63, 3.8) is 0 Å². The second-order valence-electron chi connectivity index (χ2n) is 4.50. The minimum atomic E-state index is -0.474. The van der Waals surface area contributed by atoms with Crippen LogP contribution in [0.1, 0.15) is 23.3 Å². The van der Waals surface area contributed by atoms with Gasteiger partial charge in [0.2, 0.25) is 0 Å². The Bertz CT molecular complexity index is 560. The number of rotatable bonds is 5. The molecule has 4 heteroatoms. The molecule has 2 aromatic rings. The summed E-state index contributed by atoms with van der Waals surface area (Å²) in [6.07, 6.45) is -0.405. The average Bonchev–Trinajstić information content (AvgIpc) is 2.48. The van der Waals surface area contributed by atoms with Crippen molar-refractivity contribution in [3.8, 4) is 0 Å². The van der Waals surface area contributed by atoms with Crippen molar-refractivity contribution in [3.05, 3.63) is 71.3 Å². The van der Waals surface area contributed by atoms with Gasteiger partial charge >= 0.3 is 0 Å². The summed E-state index contributed by atoms with van der Waals surface area (Å²) in [5, 5.41) is 3.00. The zero-order valence-electron chi connectivity index (χ0n) is 11.4. The van der Waals surface area contributed by atoms with E-state index in [0.29, 0.717) is 0 Å². The van der Waals surface area contributed by atoms with Crippen LogP contribution in [0.25, 0.3) is 0 Å². The lowest BCUT2D eigenvalue weighted by Gasteiger charge is -2.27. The molecule has 0 aliphatic heterocycles. The molecule has 0 saturated heterocycles. The maximum atomic E-state index is 14.0. The fourth-order valence-corrected chi connectivity index (χ4v) is 2.33. The summed E-state index contributed by atoms with van der Waals surface area (Å²) in [7, 11) is 3.25. The van der Waals surface area contributed by atoms with E-state index in [0.717, 1.165) is 17.7 Å². The number of methoxy groups -OCH3 is 1. The first-order valence-electron chi connectivity index (χ1n) is 6.37. The maximum absolute atomic E-state index is 14.0. The summed E-state index contributed by atoms with van der Waals surface area (Å²) < 4.78 is 32.8. The summed E-state index contributed by atoms with van der Waals surface area (Å²) in [5.74, 6) is -0.923. The zero-order chi connectivity index (χ0) is 14.5. The van der Waals surface area contributed by atoms with Gasteiger partial charge in [-0.15, -0.1) is 0 Å². The molecule has 0 heterocycles. The molecule has 2 rings (SSSR count). The third kappa shape index (κ3) is 3.03. The summed E-state index contributed by atoms with van der Waals surface area (Å²) in [6.45, 7) is 0. The molecule has 0 aliphatic rings. The molecule has 2 atom stereocenters. The number of nitrogens with one attached hydrogen (secondary N) is 1. The molecule has 2 nitrogen and oxygen atoms in total. The second-order valence-corrected chi connectivity index (χ2v) is 4.50. The van der Waals surface area contributed by atoms with Gasteiger partial charge in [0, 0.05) is 12.7 Å². The number of halogens is 2. The van der Waals surface area contributed by atoms with Crippen molar-refractivity contribution in [2.45, 2.75) is 12.1 Å². The third-order valence-electron chi connectivity index (χ3n) is 3.29. The van der Waals surface area contributed by atoms with Crippen molar-refractivity contribution >= 4 is 0 Å². The molecule has 106 valence electrons. The van der Waals surface area contributed by atoms with Crippen LogP contribution in [-0.4, -0.2) is 14.2 Å². The topological polar surface area (TPSA) is 21.3 Å². The maximum Gasteiger partial charge on any atom is 0.128 e. The van der Waals surface area contributed by atoms with E-state index >= 15 is 0 Å². The van der Waals surface area contributed by atoms with E-state index in [1.54, 1.807) is 14.2 Å². The molecule has 0 radical (unpaired) electrons. The van der Waals surface area contributed by atoms with Gasteiger partial charge in [-0.3, -0.25) is 0 Å². The van der Waals surface area contributed by atoms with Crippen LogP contribution < -0.4 is 5.32 Å². The number of hydrogen-bond donors (Lipinski definition) is 1. The molecule has 2 unspecified atom stereocenters. The Kier molecular flexibility index (Phi) is 4.82. The van der Waals surface area contributed by atoms with Gasteiger partial charge in [0.15, 0.2) is 0 Å². The number of likely N-dealkylation sites (N-methyl/N-ethyl adjacent to an activating group) is 1. The summed E-state index contributed by atoms with van der Waals surface area (Å²) in [6, 6.07) is 12.4. The highest BCUT2D eigenvalue weighted by atomic mass is 19.1. The Morgan fingerprint density at radius 3 is 2.35 bits per heavy atom. The average molecular weight is 277 g/mol. The van der Waals surface area contributed by atoms with Gasteiger partial charge in [-0.25, -0.2) is 8.78 Å². The van der Waals surface area contributed by atoms with Gasteiger partial charge in [0.25, 0.3) is 0 Å². The first-order valence-corrected chi connectivity index (χ1v) is 6.37. The van der Waals surface area contributed by atoms with Gasteiger partial charge in [-0.2, -0.15) is 0 Å². The van der Waals surface area contributed by atoms with Crippen LogP contribution in [0.3, 0.4) is 0 Å². The SMILES string of the molecule is CNC(c1cc(F)ccc1F)C(OC)c1ccccc1. The zero-order valence-corrected chi connectivity index (χ0v) is 11.4. The lowest BCUT2D eigenvalue weighted by molar-refractivity contribution is 0.0689. The second kappa shape index (κ2) is 6.59. The van der Waals surface area contributed by atoms with Crippen LogP contribution in [-0.2, 0) is 4.74 Å². The molecule has 2 aromatic carbocycles. The lowest BCUT2D eigenvalue weighted by Crippen LogP contribution is -2.26. The quantitative estimate of drug-likeness (QED) is 0.901. The van der Waals surface area contributed by atoms with Crippen LogP contribution in [0.2, 0.25) is 0 Å². The minimum Gasteiger partial charge on any atom is -0.375 e. The highest BCUT2D eigenvalue weighted by Crippen LogP contribution is 2.32. The van der Waals surface area contributed by atoms with Crippen molar-refractivity contribution < 1.29 is 13.5 Å². The summed E-state index contributed by atoms with van der Waals surface area (Å²) in [5.41, 5.74) is 1.15. The Balaban J connectivity index is 2.42. The standard InChI is InChI=1S/C16H17F2NO/c1-19-15(13-10-12(17)8-9-14(13)18)16(20-2)11-6-4-3-5-7-11/h3-10,15-16,19H,1-2H3. The van der Waals surface area contributed by atoms with E-state index in [2.05, 4.69) is 5.32 Å². The predicted octanol–water partition coefficient (Wildman–Crippen LogP) is 3.61. The fraction of sp³-hybridized carbons (Fsp3) is 0.250. The van der Waals surface area contributed by atoms with Crippen molar-refractivity contribution in [2.75, 3.05) is 14.2 Å². The molecule has 0 bridgehead atoms. The van der Waals surface area contributed by atoms with E-state index in [-0.39, 0.29) is 5.56 Å². The van der Waals surface area contributed by atoms with Crippen molar-refractivity contribution in [2.24, 2.45) is 0 Å². The smallest absolute Gasteiger partial charge is 0.128 e. The van der Waals surface area contributed by atoms with E-state index in [9.17, 15) is 8.78 Å². The van der Waals surface area contributed by atoms with Gasteiger partial charge in [-0.05, 0) is 30.8 Å². The first kappa shape index (κ1) is 14.6. The number of hydrogen-bond acceptors (Lipinski definition) is 2. The minimum absolute atomic E-state index is 0.253. The molecular weight excluding hydrogens is 260 g/mol. The Morgan fingerprint density at radius 1 is 1.05 bits per heavy atom. The molecule has 0 fully saturated rings. The summed E-state index contributed by atoms with van der Waals surface area (Å²) in [4.78, 5) is 0. The Labute approximate surface area is 117 Å². The van der Waals surface area contributed by atoms with Crippen LogP contribution >= 0.6 is 0 Å². The van der Waals surface area contributed by atoms with Gasteiger partial charge in [-0.1, -0.05) is 30.3 Å². The van der Waals surface area contributed by atoms with Crippen LogP contribution in [0.5, 0.6) is 0 Å². The highest BCUT2D eigenvalue weighted by Gasteiger charge is 2.26. The Hall–Kier alpha value is -1.78. The van der Waals surface area contributed by atoms with Crippen LogP contribution in [0, 0.1) is 11.6 Å². The van der Waals surface area contributed by atoms with Crippen molar-refractivity contribution in [1.82, 2.24) is 5.32 Å². The lowest BCUT2D eigenvalue weighted by atomic mass is 9.95. The largest absolute Gasteiger partial charge is 0.375 e. The van der Waals surface area contributed by atoms with Gasteiger partial charge in [0.1, 0.15) is 17.7 Å². The van der Waals surface area contributed by atoms with Crippen LogP contribution in [0.15, 0.2) is 48.5 Å². The molecule has 0 amide bonds. The molecule has 1 N–H and O–H groups in total. The summed E-state index contributed by atoms with van der Waals surface area (Å²) >= 11 is 0. The van der Waals surface area contributed by atoms with Gasteiger partial charge in [0.05, 0.1) is 6.04 Å². The molecular formula is C16H17F2NO. The monoisotopic (exact) mass is 277 g/mol. The van der Waals surface area contributed by atoms with E-state index in [1.807, 2.05) is 30.3 Å². The number of ether oxygens (including phenoxy) is 1. The predicted molar refractivity (Wildman–Crippen MR) is 74.4 cm³/mol. The van der Waals surface area contributed by atoms with E-state index < -0.39 is 23.8 Å². The fourth-order valence-electron chi connectivity index (χ4n) is 2.33. The van der Waals surface area contributed by atoms with E-state index in [1.165, 1.54) is 6.07 Å². The molecule has 0 aliphatic carbocycles. The Morgan fingerprint density at radius 2 is 1.75 bits per heavy atom. The van der Waals surface area contributed by atoms with Gasteiger partial charge < -0.3 is 10.1 Å². The highest BCUT2D eigenvalue weighted by molar-refractivity contribution is 5.28. The van der Waals surface area contributed by atoms with Crippen molar-refractivity contribution in [1.29, 1.82) is 0 Å². The molecule has 0 aromatic heterocycles.